The van der Waals surface area contributed by atoms with Crippen molar-refractivity contribution in [3.63, 3.8) is 0 Å². The molecule has 0 aliphatic heterocycles. The van der Waals surface area contributed by atoms with Crippen molar-refractivity contribution >= 4 is 0 Å². The van der Waals surface area contributed by atoms with Gasteiger partial charge in [-0.2, -0.15) is 20.3 Å². The minimum Gasteiger partial charge on any atom is -0.380 e. The molecule has 0 amide bonds. The van der Waals surface area contributed by atoms with Crippen molar-refractivity contribution in [2.24, 2.45) is 5.41 Å². The van der Waals surface area contributed by atoms with Crippen molar-refractivity contribution in [1.29, 1.82) is 0 Å². The summed E-state index contributed by atoms with van der Waals surface area (Å²) in [6, 6.07) is 0. The van der Waals surface area contributed by atoms with Crippen LogP contribution in [0.1, 0.15) is 41.0 Å². The Balaban J connectivity index is 0. The molecular weight excluding hydrogens is 344 g/mol. The minimum absolute atomic E-state index is 0. The summed E-state index contributed by atoms with van der Waals surface area (Å²) in [6.07, 6.45) is 5.36. The maximum absolute atomic E-state index is 5.43. The second kappa shape index (κ2) is 8.68. The molecule has 0 saturated heterocycles. The first-order chi connectivity index (χ1) is 5.92. The molecule has 0 rings (SSSR count). The van der Waals surface area contributed by atoms with Crippen molar-refractivity contribution in [2.45, 2.75) is 41.0 Å². The summed E-state index contributed by atoms with van der Waals surface area (Å²) in [7, 11) is 0. The number of ether oxygens (including phenoxy) is 1. The van der Waals surface area contributed by atoms with E-state index in [2.05, 4.69) is 46.8 Å². The minimum atomic E-state index is 0. The van der Waals surface area contributed by atoms with Crippen LogP contribution in [-0.4, -0.2) is 13.2 Å². The fourth-order valence-corrected chi connectivity index (χ4v) is 0.829. The van der Waals surface area contributed by atoms with Gasteiger partial charge in [0.2, 0.25) is 0 Å². The Morgan fingerprint density at radius 1 is 1.21 bits per heavy atom. The summed E-state index contributed by atoms with van der Waals surface area (Å²) in [6.45, 7) is 12.4. The standard InChI is InChI=1S/C12H23O.W/c1-11(2)7-10-13-9-6-8-12(3,4)5;/h6,8H,7,9-10H2,1-5H3;/q-1;/b8-6-;. The van der Waals surface area contributed by atoms with E-state index in [-0.39, 0.29) is 26.5 Å². The van der Waals surface area contributed by atoms with Gasteiger partial charge >= 0.3 is 0 Å². The summed E-state index contributed by atoms with van der Waals surface area (Å²) in [5.41, 5.74) is 0.274. The van der Waals surface area contributed by atoms with Gasteiger partial charge in [-0.1, -0.05) is 32.9 Å². The third-order valence-corrected chi connectivity index (χ3v) is 1.58. The van der Waals surface area contributed by atoms with Crippen molar-refractivity contribution < 1.29 is 25.8 Å². The summed E-state index contributed by atoms with van der Waals surface area (Å²) in [5.74, 6) is 1.43. The first-order valence-electron chi connectivity index (χ1n) is 4.96. The molecule has 0 unspecified atom stereocenters. The number of allylic oxidation sites excluding steroid dienone is 1. The quantitative estimate of drug-likeness (QED) is 0.410. The monoisotopic (exact) mass is 367 g/mol. The van der Waals surface area contributed by atoms with Gasteiger partial charge in [0, 0.05) is 27.7 Å². The van der Waals surface area contributed by atoms with E-state index in [0.717, 1.165) is 19.6 Å². The zero-order valence-electron chi connectivity index (χ0n) is 10.1. The molecule has 0 aromatic heterocycles. The molecule has 0 radical (unpaired) electrons. The van der Waals surface area contributed by atoms with Crippen molar-refractivity contribution in [2.75, 3.05) is 13.2 Å². The third kappa shape index (κ3) is 14.9. The second-order valence-corrected chi connectivity index (χ2v) is 4.80. The molecule has 0 N–H and O–H groups in total. The molecule has 0 fully saturated rings. The predicted octanol–water partition coefficient (Wildman–Crippen LogP) is 3.61. The maximum Gasteiger partial charge on any atom is 0.0646 e. The molecule has 0 heterocycles. The average molecular weight is 367 g/mol. The van der Waals surface area contributed by atoms with Crippen LogP contribution in [-0.2, 0) is 25.8 Å². The number of hydrogen-bond acceptors (Lipinski definition) is 1. The van der Waals surface area contributed by atoms with E-state index >= 15 is 0 Å². The SMILES string of the molecule is C[C-](C)CCOC/C=C\C(C)(C)C.[W]. The van der Waals surface area contributed by atoms with Gasteiger partial charge in [-0.3, -0.25) is 0 Å². The molecule has 2 heteroatoms. The van der Waals surface area contributed by atoms with Crippen LogP contribution in [0.5, 0.6) is 0 Å². The first-order valence-corrected chi connectivity index (χ1v) is 4.96. The van der Waals surface area contributed by atoms with Crippen molar-refractivity contribution in [3.05, 3.63) is 18.1 Å². The van der Waals surface area contributed by atoms with Crippen LogP contribution in [0.4, 0.5) is 0 Å². The van der Waals surface area contributed by atoms with E-state index in [1.165, 1.54) is 5.92 Å². The molecule has 0 bridgehead atoms. The fourth-order valence-electron chi connectivity index (χ4n) is 0.829. The van der Waals surface area contributed by atoms with Crippen molar-refractivity contribution in [1.82, 2.24) is 0 Å². The van der Waals surface area contributed by atoms with Gasteiger partial charge in [-0.15, -0.1) is 0 Å². The smallest absolute Gasteiger partial charge is 0.0646 e. The van der Waals surface area contributed by atoms with Crippen LogP contribution in [0.2, 0.25) is 0 Å². The van der Waals surface area contributed by atoms with E-state index in [1.807, 2.05) is 0 Å². The van der Waals surface area contributed by atoms with Crippen molar-refractivity contribution in [3.8, 4) is 0 Å². The van der Waals surface area contributed by atoms with E-state index in [9.17, 15) is 0 Å². The van der Waals surface area contributed by atoms with Crippen LogP contribution in [0.15, 0.2) is 12.2 Å². The van der Waals surface area contributed by atoms with Gasteiger partial charge in [0.15, 0.2) is 0 Å². The Hall–Kier alpha value is 0.388. The predicted molar refractivity (Wildman–Crippen MR) is 58.6 cm³/mol. The number of rotatable bonds is 5. The summed E-state index contributed by atoms with van der Waals surface area (Å²) >= 11 is 0. The molecule has 0 aromatic rings. The largest absolute Gasteiger partial charge is 0.380 e. The zero-order chi connectivity index (χ0) is 10.3. The van der Waals surface area contributed by atoms with Gasteiger partial charge < -0.3 is 10.7 Å². The number of hydrogen-bond donors (Lipinski definition) is 0. The van der Waals surface area contributed by atoms with E-state index in [1.54, 1.807) is 0 Å². The molecule has 0 aliphatic carbocycles. The Kier molecular flexibility index (Phi) is 10.4. The average Bonchev–Trinajstić information content (AvgIpc) is 1.93. The second-order valence-electron chi connectivity index (χ2n) is 4.80. The maximum atomic E-state index is 5.43. The molecule has 0 spiro atoms. The molecule has 1 nitrogen and oxygen atoms in total. The zero-order valence-corrected chi connectivity index (χ0v) is 13.0. The Morgan fingerprint density at radius 3 is 2.21 bits per heavy atom. The van der Waals surface area contributed by atoms with Crippen LogP contribution < -0.4 is 0 Å². The van der Waals surface area contributed by atoms with Crippen LogP contribution >= 0.6 is 0 Å². The third-order valence-electron chi connectivity index (χ3n) is 1.58. The summed E-state index contributed by atoms with van der Waals surface area (Å²) in [4.78, 5) is 0. The van der Waals surface area contributed by atoms with Crippen LogP contribution in [0.25, 0.3) is 0 Å². The molecule has 14 heavy (non-hydrogen) atoms. The van der Waals surface area contributed by atoms with Gasteiger partial charge in [-0.25, -0.2) is 0 Å². The van der Waals surface area contributed by atoms with E-state index in [0.29, 0.717) is 0 Å². The topological polar surface area (TPSA) is 9.23 Å². The Labute approximate surface area is 104 Å². The van der Waals surface area contributed by atoms with Crippen LogP contribution in [0.3, 0.4) is 0 Å². The Bertz CT molecular complexity index is 145. The first kappa shape index (κ1) is 16.8. The normalized spacial score (nSPS) is 12.1. The molecule has 0 aliphatic rings. The summed E-state index contributed by atoms with van der Waals surface area (Å²) in [5, 5.41) is 0. The van der Waals surface area contributed by atoms with Gasteiger partial charge in [0.1, 0.15) is 0 Å². The molecule has 0 atom stereocenters. The van der Waals surface area contributed by atoms with Gasteiger partial charge in [-0.05, 0) is 5.41 Å². The van der Waals surface area contributed by atoms with E-state index in [4.69, 9.17) is 4.74 Å². The molecule has 84 valence electrons. The summed E-state index contributed by atoms with van der Waals surface area (Å²) < 4.78 is 5.43. The molecule has 0 aromatic carbocycles. The van der Waals surface area contributed by atoms with E-state index < -0.39 is 0 Å². The Morgan fingerprint density at radius 2 is 1.79 bits per heavy atom. The molecular formula is C12H23OW-. The fraction of sp³-hybridized carbons (Fsp3) is 0.750. The molecule has 0 saturated carbocycles. The van der Waals surface area contributed by atoms with Crippen LogP contribution in [0, 0.1) is 11.3 Å². The van der Waals surface area contributed by atoms with Gasteiger partial charge in [0.25, 0.3) is 0 Å². The van der Waals surface area contributed by atoms with Gasteiger partial charge in [0.05, 0.1) is 6.61 Å².